The zero-order chi connectivity index (χ0) is 22.9. The average molecular weight is 450 g/mol. The Hall–Kier alpha value is -3.65. The molecular formula is C24H23N3O4S. The number of nitrogens with one attached hydrogen (secondary N) is 2. The van der Waals surface area contributed by atoms with E-state index in [-0.39, 0.29) is 23.9 Å². The van der Waals surface area contributed by atoms with Crippen molar-refractivity contribution in [2.24, 2.45) is 0 Å². The fraction of sp³-hybridized carbons (Fsp3) is 0.167. The van der Waals surface area contributed by atoms with E-state index in [1.807, 2.05) is 54.0 Å². The summed E-state index contributed by atoms with van der Waals surface area (Å²) in [6, 6.07) is 21.0. The number of carbonyl (C=O) groups excluding carboxylic acids is 1. The third-order valence-electron chi connectivity index (χ3n) is 5.25. The molecule has 1 aromatic heterocycles. The summed E-state index contributed by atoms with van der Waals surface area (Å²) in [5, 5.41) is 4.09. The lowest BCUT2D eigenvalue weighted by molar-refractivity contribution is -0.122. The van der Waals surface area contributed by atoms with Gasteiger partial charge >= 0.3 is 0 Å². The van der Waals surface area contributed by atoms with E-state index in [0.29, 0.717) is 27.5 Å². The standard InChI is InChI=1S/C24H23N3O4S/c1-16(17-8-7-9-18(14-17)26-32(2,30)31)25-23(28)15-27-21-12-5-3-10-19(21)24(29)20-11-4-6-13-22(20)27/h3-14,16,26H,15H2,1-2H3,(H,25,28). The molecule has 0 spiro atoms. The van der Waals surface area contributed by atoms with Crippen LogP contribution in [0, 0.1) is 0 Å². The van der Waals surface area contributed by atoms with Crippen molar-refractivity contribution in [1.82, 2.24) is 9.88 Å². The molecule has 1 amide bonds. The summed E-state index contributed by atoms with van der Waals surface area (Å²) in [7, 11) is -3.39. The van der Waals surface area contributed by atoms with Crippen LogP contribution < -0.4 is 15.5 Å². The molecule has 4 rings (SSSR count). The van der Waals surface area contributed by atoms with E-state index in [4.69, 9.17) is 0 Å². The second-order valence-corrected chi connectivity index (χ2v) is 9.49. The van der Waals surface area contributed by atoms with Gasteiger partial charge in [-0.3, -0.25) is 14.3 Å². The van der Waals surface area contributed by atoms with Gasteiger partial charge in [0.25, 0.3) is 0 Å². The van der Waals surface area contributed by atoms with E-state index in [1.165, 1.54) is 0 Å². The Morgan fingerprint density at radius 1 is 0.938 bits per heavy atom. The number of pyridine rings is 1. The van der Waals surface area contributed by atoms with Crippen LogP contribution in [0.2, 0.25) is 0 Å². The molecule has 1 atom stereocenters. The van der Waals surface area contributed by atoms with Gasteiger partial charge in [-0.15, -0.1) is 0 Å². The highest BCUT2D eigenvalue weighted by atomic mass is 32.2. The minimum atomic E-state index is -3.39. The van der Waals surface area contributed by atoms with Gasteiger partial charge in [0.05, 0.1) is 23.3 Å². The molecule has 32 heavy (non-hydrogen) atoms. The lowest BCUT2D eigenvalue weighted by Gasteiger charge is -2.18. The van der Waals surface area contributed by atoms with Crippen LogP contribution in [-0.4, -0.2) is 25.1 Å². The SMILES string of the molecule is CC(NC(=O)Cn1c2ccccc2c(=O)c2ccccc21)c1cccc(NS(C)(=O)=O)c1. The minimum Gasteiger partial charge on any atom is -0.348 e. The fourth-order valence-electron chi connectivity index (χ4n) is 3.85. The normalized spacial score (nSPS) is 12.6. The topological polar surface area (TPSA) is 97.3 Å². The summed E-state index contributed by atoms with van der Waals surface area (Å²) in [6.07, 6.45) is 1.09. The predicted molar refractivity (Wildman–Crippen MR) is 127 cm³/mol. The molecule has 0 saturated carbocycles. The lowest BCUT2D eigenvalue weighted by atomic mass is 10.1. The Morgan fingerprint density at radius 3 is 2.12 bits per heavy atom. The summed E-state index contributed by atoms with van der Waals surface area (Å²) in [5.41, 5.74) is 2.53. The third kappa shape index (κ3) is 4.50. The molecule has 0 saturated heterocycles. The van der Waals surface area contributed by atoms with Crippen molar-refractivity contribution >= 4 is 43.4 Å². The van der Waals surface area contributed by atoms with Crippen LogP contribution in [0.25, 0.3) is 21.8 Å². The quantitative estimate of drug-likeness (QED) is 0.441. The van der Waals surface area contributed by atoms with Crippen molar-refractivity contribution in [3.63, 3.8) is 0 Å². The van der Waals surface area contributed by atoms with Gasteiger partial charge in [0.15, 0.2) is 5.43 Å². The third-order valence-corrected chi connectivity index (χ3v) is 5.85. The predicted octanol–water partition coefficient (Wildman–Crippen LogP) is 3.40. The minimum absolute atomic E-state index is 0.0346. The highest BCUT2D eigenvalue weighted by molar-refractivity contribution is 7.92. The number of para-hydroxylation sites is 2. The van der Waals surface area contributed by atoms with Crippen LogP contribution in [-0.2, 0) is 21.4 Å². The number of anilines is 1. The van der Waals surface area contributed by atoms with Crippen LogP contribution in [0.4, 0.5) is 5.69 Å². The van der Waals surface area contributed by atoms with Crippen molar-refractivity contribution < 1.29 is 13.2 Å². The van der Waals surface area contributed by atoms with Gasteiger partial charge in [0.1, 0.15) is 6.54 Å². The molecule has 8 heteroatoms. The highest BCUT2D eigenvalue weighted by Crippen LogP contribution is 2.21. The summed E-state index contributed by atoms with van der Waals surface area (Å²) in [6.45, 7) is 1.87. The molecule has 4 aromatic rings. The Kier molecular flexibility index (Phi) is 5.71. The van der Waals surface area contributed by atoms with Crippen molar-refractivity contribution in [1.29, 1.82) is 0 Å². The van der Waals surface area contributed by atoms with E-state index in [1.54, 1.807) is 30.3 Å². The Labute approximate surface area is 185 Å². The largest absolute Gasteiger partial charge is 0.348 e. The number of amides is 1. The molecule has 0 fully saturated rings. The first-order valence-corrected chi connectivity index (χ1v) is 12.0. The first-order chi connectivity index (χ1) is 15.2. The number of rotatable bonds is 6. The van der Waals surface area contributed by atoms with Gasteiger partial charge in [0.2, 0.25) is 15.9 Å². The van der Waals surface area contributed by atoms with Crippen LogP contribution >= 0.6 is 0 Å². The number of sulfonamides is 1. The van der Waals surface area contributed by atoms with Gasteiger partial charge in [-0.2, -0.15) is 0 Å². The lowest BCUT2D eigenvalue weighted by Crippen LogP contribution is -2.31. The second kappa shape index (κ2) is 8.47. The van der Waals surface area contributed by atoms with Gasteiger partial charge in [0, 0.05) is 16.5 Å². The van der Waals surface area contributed by atoms with Crippen LogP contribution in [0.15, 0.2) is 77.6 Å². The van der Waals surface area contributed by atoms with Gasteiger partial charge in [-0.1, -0.05) is 36.4 Å². The van der Waals surface area contributed by atoms with Crippen molar-refractivity contribution in [2.45, 2.75) is 19.5 Å². The molecule has 1 unspecified atom stereocenters. The molecule has 164 valence electrons. The Morgan fingerprint density at radius 2 is 1.53 bits per heavy atom. The molecule has 0 aliphatic rings. The van der Waals surface area contributed by atoms with Gasteiger partial charge in [-0.25, -0.2) is 8.42 Å². The molecule has 2 N–H and O–H groups in total. The van der Waals surface area contributed by atoms with E-state index in [0.717, 1.165) is 11.8 Å². The maximum absolute atomic E-state index is 13.0. The number of aromatic nitrogens is 1. The molecule has 1 heterocycles. The smallest absolute Gasteiger partial charge is 0.240 e. The summed E-state index contributed by atoms with van der Waals surface area (Å²) in [5.74, 6) is -0.224. The molecule has 7 nitrogen and oxygen atoms in total. The molecule has 3 aromatic carbocycles. The molecule has 0 bridgehead atoms. The van der Waals surface area contributed by atoms with Gasteiger partial charge < -0.3 is 9.88 Å². The zero-order valence-electron chi connectivity index (χ0n) is 17.7. The Balaban J connectivity index is 1.63. The highest BCUT2D eigenvalue weighted by Gasteiger charge is 2.15. The summed E-state index contributed by atoms with van der Waals surface area (Å²) in [4.78, 5) is 25.8. The number of benzene rings is 3. The average Bonchev–Trinajstić information content (AvgIpc) is 2.75. The van der Waals surface area contributed by atoms with E-state index in [9.17, 15) is 18.0 Å². The maximum Gasteiger partial charge on any atom is 0.240 e. The Bertz CT molecular complexity index is 1430. The number of carbonyl (C=O) groups is 1. The molecule has 0 aliphatic heterocycles. The zero-order valence-corrected chi connectivity index (χ0v) is 18.5. The van der Waals surface area contributed by atoms with Crippen molar-refractivity contribution in [3.8, 4) is 0 Å². The first kappa shape index (κ1) is 21.6. The van der Waals surface area contributed by atoms with Gasteiger partial charge in [-0.05, 0) is 48.9 Å². The summed E-state index contributed by atoms with van der Waals surface area (Å²) >= 11 is 0. The number of fused-ring (bicyclic) bond motifs is 2. The number of hydrogen-bond donors (Lipinski definition) is 2. The van der Waals surface area contributed by atoms with Crippen LogP contribution in [0.1, 0.15) is 18.5 Å². The second-order valence-electron chi connectivity index (χ2n) is 7.74. The number of nitrogens with zero attached hydrogens (tertiary/aromatic N) is 1. The molecular weight excluding hydrogens is 426 g/mol. The molecule has 0 radical (unpaired) electrons. The van der Waals surface area contributed by atoms with E-state index in [2.05, 4.69) is 10.0 Å². The monoisotopic (exact) mass is 449 g/mol. The van der Waals surface area contributed by atoms with Crippen molar-refractivity contribution in [3.05, 3.63) is 88.6 Å². The van der Waals surface area contributed by atoms with E-state index >= 15 is 0 Å². The fourth-order valence-corrected chi connectivity index (χ4v) is 4.40. The van der Waals surface area contributed by atoms with Crippen molar-refractivity contribution in [2.75, 3.05) is 11.0 Å². The number of hydrogen-bond acceptors (Lipinski definition) is 4. The van der Waals surface area contributed by atoms with Crippen LogP contribution in [0.5, 0.6) is 0 Å². The van der Waals surface area contributed by atoms with E-state index < -0.39 is 10.0 Å². The molecule has 0 aliphatic carbocycles. The maximum atomic E-state index is 13.0. The summed E-state index contributed by atoms with van der Waals surface area (Å²) < 4.78 is 27.3. The van der Waals surface area contributed by atoms with Crippen LogP contribution in [0.3, 0.4) is 0 Å². The first-order valence-electron chi connectivity index (χ1n) is 10.1.